The van der Waals surface area contributed by atoms with Crippen LogP contribution in [0.4, 0.5) is 11.4 Å². The third kappa shape index (κ3) is 3.62. The van der Waals surface area contributed by atoms with Crippen molar-refractivity contribution >= 4 is 59.6 Å². The van der Waals surface area contributed by atoms with Gasteiger partial charge in [-0.15, -0.1) is 0 Å². The topological polar surface area (TPSA) is 12.0 Å². The average Bonchev–Trinajstić information content (AvgIpc) is 2.93. The van der Waals surface area contributed by atoms with Crippen LogP contribution in [0.1, 0.15) is 0 Å². The maximum Gasteiger partial charge on any atom is 0.0384 e. The van der Waals surface area contributed by atoms with Crippen LogP contribution in [0.25, 0.3) is 54.6 Å². The Kier molecular flexibility index (Phi) is 5.00. The molecule has 0 fully saturated rings. The fourth-order valence-corrected chi connectivity index (χ4v) is 5.56. The van der Waals surface area contributed by atoms with Gasteiger partial charge in [0, 0.05) is 15.8 Å². The predicted octanol–water partition coefficient (Wildman–Crippen LogP) is 10.4. The normalized spacial score (nSPS) is 11.5. The van der Waals surface area contributed by atoms with Gasteiger partial charge in [0.1, 0.15) is 0 Å². The lowest BCUT2D eigenvalue weighted by molar-refractivity contribution is 1.53. The van der Waals surface area contributed by atoms with Crippen molar-refractivity contribution < 1.29 is 0 Å². The quantitative estimate of drug-likeness (QED) is 0.226. The second-order valence-electron chi connectivity index (χ2n) is 9.26. The van der Waals surface area contributed by atoms with E-state index in [1.165, 1.54) is 54.6 Å². The molecule has 0 amide bonds. The Balaban J connectivity index is 1.27. The maximum absolute atomic E-state index is 3.49. The van der Waals surface area contributed by atoms with Crippen molar-refractivity contribution in [1.82, 2.24) is 0 Å². The van der Waals surface area contributed by atoms with Crippen molar-refractivity contribution in [3.63, 3.8) is 0 Å². The highest BCUT2D eigenvalue weighted by atomic mass is 79.9. The average molecular weight is 524 g/mol. The molecule has 0 saturated carbocycles. The third-order valence-electron chi connectivity index (χ3n) is 7.05. The summed E-state index contributed by atoms with van der Waals surface area (Å²) in [5.74, 6) is 0. The Morgan fingerprint density at radius 3 is 1.78 bits per heavy atom. The monoisotopic (exact) mass is 523 g/mol. The number of hydrogen-bond acceptors (Lipinski definition) is 1. The lowest BCUT2D eigenvalue weighted by Crippen LogP contribution is -1.90. The summed E-state index contributed by atoms with van der Waals surface area (Å²) in [6.45, 7) is 0. The van der Waals surface area contributed by atoms with Crippen LogP contribution in [0.3, 0.4) is 0 Å². The number of benzene rings is 7. The maximum atomic E-state index is 3.49. The van der Waals surface area contributed by atoms with E-state index in [2.05, 4.69) is 137 Å². The molecule has 7 aromatic rings. The fraction of sp³-hybridized carbons (Fsp3) is 0. The molecule has 0 spiro atoms. The molecule has 0 aliphatic heterocycles. The first-order valence-electron chi connectivity index (χ1n) is 12.1. The molecular formula is C34H22BrN. The number of anilines is 2. The van der Waals surface area contributed by atoms with Gasteiger partial charge in [-0.3, -0.25) is 0 Å². The molecule has 0 saturated heterocycles. The zero-order chi connectivity index (χ0) is 24.1. The molecule has 0 aliphatic carbocycles. The van der Waals surface area contributed by atoms with Crippen LogP contribution in [0.15, 0.2) is 132 Å². The Labute approximate surface area is 218 Å². The summed E-state index contributed by atoms with van der Waals surface area (Å²) in [5, 5.41) is 11.4. The van der Waals surface area contributed by atoms with Gasteiger partial charge in [0.25, 0.3) is 0 Å². The van der Waals surface area contributed by atoms with Crippen LogP contribution in [-0.4, -0.2) is 0 Å². The van der Waals surface area contributed by atoms with E-state index in [4.69, 9.17) is 0 Å². The van der Waals surface area contributed by atoms with Crippen molar-refractivity contribution in [3.05, 3.63) is 132 Å². The van der Waals surface area contributed by atoms with Crippen LogP contribution in [-0.2, 0) is 0 Å². The fourth-order valence-electron chi connectivity index (χ4n) is 5.30. The van der Waals surface area contributed by atoms with Gasteiger partial charge in [0.15, 0.2) is 0 Å². The van der Waals surface area contributed by atoms with E-state index < -0.39 is 0 Å². The zero-order valence-electron chi connectivity index (χ0n) is 19.5. The van der Waals surface area contributed by atoms with Crippen molar-refractivity contribution in [2.24, 2.45) is 0 Å². The van der Waals surface area contributed by atoms with Crippen LogP contribution >= 0.6 is 15.9 Å². The highest BCUT2D eigenvalue weighted by Gasteiger charge is 2.12. The van der Waals surface area contributed by atoms with E-state index in [9.17, 15) is 0 Å². The lowest BCUT2D eigenvalue weighted by Gasteiger charge is -2.15. The minimum absolute atomic E-state index is 1.07. The molecule has 0 heterocycles. The number of nitrogens with one attached hydrogen (secondary N) is 1. The summed E-state index contributed by atoms with van der Waals surface area (Å²) in [6.07, 6.45) is 0. The molecule has 0 aromatic heterocycles. The Morgan fingerprint density at radius 1 is 0.444 bits per heavy atom. The minimum Gasteiger partial charge on any atom is -0.356 e. The summed E-state index contributed by atoms with van der Waals surface area (Å²) in [5.41, 5.74) is 7.08. The largest absolute Gasteiger partial charge is 0.356 e. The van der Waals surface area contributed by atoms with Crippen LogP contribution < -0.4 is 5.32 Å². The van der Waals surface area contributed by atoms with Gasteiger partial charge in [-0.2, -0.15) is 0 Å². The van der Waals surface area contributed by atoms with E-state index in [1.54, 1.807) is 0 Å². The SMILES string of the molecule is Brc1ccc(Nc2ccc(-c3cccc(-c4ccc5ccc6cccc7ccc4c5c67)c3)cc2)cc1. The summed E-state index contributed by atoms with van der Waals surface area (Å²) in [4.78, 5) is 0. The second-order valence-corrected chi connectivity index (χ2v) is 10.2. The lowest BCUT2D eigenvalue weighted by atomic mass is 9.89. The van der Waals surface area contributed by atoms with Gasteiger partial charge in [-0.05, 0) is 97.0 Å². The van der Waals surface area contributed by atoms with Gasteiger partial charge < -0.3 is 5.32 Å². The van der Waals surface area contributed by atoms with Gasteiger partial charge in [0.2, 0.25) is 0 Å². The molecule has 0 aliphatic rings. The zero-order valence-corrected chi connectivity index (χ0v) is 21.1. The first-order chi connectivity index (χ1) is 17.7. The van der Waals surface area contributed by atoms with Crippen LogP contribution in [0, 0.1) is 0 Å². The van der Waals surface area contributed by atoms with Gasteiger partial charge in [0.05, 0.1) is 0 Å². The molecule has 0 radical (unpaired) electrons. The van der Waals surface area contributed by atoms with Crippen LogP contribution in [0.5, 0.6) is 0 Å². The van der Waals surface area contributed by atoms with E-state index >= 15 is 0 Å². The molecule has 0 atom stereocenters. The van der Waals surface area contributed by atoms with E-state index in [1.807, 2.05) is 12.1 Å². The summed E-state index contributed by atoms with van der Waals surface area (Å²) < 4.78 is 1.08. The molecule has 0 unspecified atom stereocenters. The third-order valence-corrected chi connectivity index (χ3v) is 7.58. The molecule has 7 aromatic carbocycles. The molecule has 1 nitrogen and oxygen atoms in total. The van der Waals surface area contributed by atoms with Gasteiger partial charge >= 0.3 is 0 Å². The predicted molar refractivity (Wildman–Crippen MR) is 158 cm³/mol. The first-order valence-corrected chi connectivity index (χ1v) is 12.9. The molecule has 36 heavy (non-hydrogen) atoms. The Morgan fingerprint density at radius 2 is 1.03 bits per heavy atom. The summed E-state index contributed by atoms with van der Waals surface area (Å²) in [7, 11) is 0. The van der Waals surface area contributed by atoms with Crippen LogP contribution in [0.2, 0.25) is 0 Å². The van der Waals surface area contributed by atoms with E-state index in [0.717, 1.165) is 15.8 Å². The summed E-state index contributed by atoms with van der Waals surface area (Å²) >= 11 is 3.49. The van der Waals surface area contributed by atoms with Crippen molar-refractivity contribution in [2.75, 3.05) is 5.32 Å². The molecule has 0 bridgehead atoms. The number of hydrogen-bond donors (Lipinski definition) is 1. The molecule has 2 heteroatoms. The second kappa shape index (κ2) is 8.51. The molecule has 170 valence electrons. The highest BCUT2D eigenvalue weighted by molar-refractivity contribution is 9.10. The highest BCUT2D eigenvalue weighted by Crippen LogP contribution is 2.40. The van der Waals surface area contributed by atoms with Crippen molar-refractivity contribution in [2.45, 2.75) is 0 Å². The number of halogens is 1. The van der Waals surface area contributed by atoms with Crippen molar-refractivity contribution in [3.8, 4) is 22.3 Å². The molecule has 7 rings (SSSR count). The summed E-state index contributed by atoms with van der Waals surface area (Å²) in [6, 6.07) is 45.9. The van der Waals surface area contributed by atoms with Gasteiger partial charge in [-0.25, -0.2) is 0 Å². The molecule has 1 N–H and O–H groups in total. The smallest absolute Gasteiger partial charge is 0.0384 e. The van der Waals surface area contributed by atoms with Gasteiger partial charge in [-0.1, -0.05) is 101 Å². The van der Waals surface area contributed by atoms with E-state index in [-0.39, 0.29) is 0 Å². The number of rotatable bonds is 4. The standard InChI is InChI=1S/C34H22BrN/c35-28-13-17-30(18-14-28)36-29-15-9-22(10-16-29)26-5-2-6-27(21-26)31-19-11-25-8-7-23-3-1-4-24-12-20-32(31)34(25)33(23)24/h1-21,36H. The van der Waals surface area contributed by atoms with E-state index in [0.29, 0.717) is 0 Å². The minimum atomic E-state index is 1.07. The van der Waals surface area contributed by atoms with Crippen molar-refractivity contribution in [1.29, 1.82) is 0 Å². The Hall–Kier alpha value is -4.14. The Bertz CT molecular complexity index is 1830. The molecular weight excluding hydrogens is 502 g/mol. The first kappa shape index (κ1) is 21.2.